The minimum Gasteiger partial charge on any atom is -0.491 e. The van der Waals surface area contributed by atoms with Gasteiger partial charge in [0.2, 0.25) is 0 Å². The second-order valence-corrected chi connectivity index (χ2v) is 3.86. The second-order valence-electron chi connectivity index (χ2n) is 3.86. The first-order valence-electron chi connectivity index (χ1n) is 5.94. The highest BCUT2D eigenvalue weighted by atomic mass is 16.6. The van der Waals surface area contributed by atoms with Gasteiger partial charge in [-0.15, -0.1) is 0 Å². The minimum atomic E-state index is -1.15. The van der Waals surface area contributed by atoms with Crippen LogP contribution >= 0.6 is 0 Å². The van der Waals surface area contributed by atoms with Crippen LogP contribution in [0.25, 0.3) is 0 Å². The summed E-state index contributed by atoms with van der Waals surface area (Å²) in [6.07, 6.45) is -0.902. The highest BCUT2D eigenvalue weighted by molar-refractivity contribution is 5.77. The summed E-state index contributed by atoms with van der Waals surface area (Å²) in [5, 5.41) is 8.74. The molecule has 1 atom stereocenters. The molecule has 0 heterocycles. The summed E-state index contributed by atoms with van der Waals surface area (Å²) in [6, 6.07) is 6.91. The molecule has 6 nitrogen and oxygen atoms in total. The molecule has 0 radical (unpaired) electrons. The monoisotopic (exact) mass is 267 g/mol. The van der Waals surface area contributed by atoms with Gasteiger partial charge < -0.3 is 20.3 Å². The van der Waals surface area contributed by atoms with Gasteiger partial charge in [0.1, 0.15) is 5.75 Å². The molecule has 1 aromatic rings. The summed E-state index contributed by atoms with van der Waals surface area (Å²) in [5.74, 6) is -1.27. The van der Waals surface area contributed by atoms with Crippen molar-refractivity contribution in [2.45, 2.75) is 25.9 Å². The van der Waals surface area contributed by atoms with E-state index in [2.05, 4.69) is 0 Å². The zero-order valence-corrected chi connectivity index (χ0v) is 10.7. The van der Waals surface area contributed by atoms with E-state index in [1.807, 2.05) is 0 Å². The maximum Gasteiger partial charge on any atom is 0.345 e. The molecule has 19 heavy (non-hydrogen) atoms. The maximum absolute atomic E-state index is 11.4. The highest BCUT2D eigenvalue weighted by Gasteiger charge is 2.19. The Labute approximate surface area is 111 Å². The lowest BCUT2D eigenvalue weighted by Crippen LogP contribution is -2.26. The minimum absolute atomic E-state index is 0.0296. The van der Waals surface area contributed by atoms with E-state index < -0.39 is 18.0 Å². The Hall–Kier alpha value is -2.24. The third kappa shape index (κ3) is 4.87. The molecule has 1 unspecified atom stereocenters. The van der Waals surface area contributed by atoms with Crippen LogP contribution < -0.4 is 10.5 Å². The maximum atomic E-state index is 11.4. The van der Waals surface area contributed by atoms with E-state index in [4.69, 9.17) is 20.3 Å². The van der Waals surface area contributed by atoms with Crippen LogP contribution in [0.3, 0.4) is 0 Å². The van der Waals surface area contributed by atoms with E-state index in [0.29, 0.717) is 11.4 Å². The summed E-state index contributed by atoms with van der Waals surface area (Å²) in [4.78, 5) is 22.1. The average molecular weight is 267 g/mol. The van der Waals surface area contributed by atoms with Gasteiger partial charge in [0.05, 0.1) is 18.7 Å². The van der Waals surface area contributed by atoms with E-state index in [0.717, 1.165) is 0 Å². The number of aliphatic carboxylic acids is 1. The summed E-state index contributed by atoms with van der Waals surface area (Å²) >= 11 is 0. The van der Waals surface area contributed by atoms with Gasteiger partial charge in [-0.1, -0.05) is 19.1 Å². The Morgan fingerprint density at radius 2 is 2.05 bits per heavy atom. The number of anilines is 1. The predicted molar refractivity (Wildman–Crippen MR) is 68.8 cm³/mol. The SMILES string of the molecule is CCC(OC(=O)CCOc1ccccc1N)C(=O)O. The number of hydrogen-bond donors (Lipinski definition) is 2. The third-order valence-corrected chi connectivity index (χ3v) is 2.40. The number of nitrogen functional groups attached to an aromatic ring is 1. The van der Waals surface area contributed by atoms with Crippen molar-refractivity contribution in [3.05, 3.63) is 24.3 Å². The number of rotatable bonds is 7. The van der Waals surface area contributed by atoms with Crippen molar-refractivity contribution in [3.8, 4) is 5.75 Å². The van der Waals surface area contributed by atoms with E-state index in [9.17, 15) is 9.59 Å². The lowest BCUT2D eigenvalue weighted by Gasteiger charge is -2.12. The van der Waals surface area contributed by atoms with Gasteiger partial charge in [0.15, 0.2) is 6.10 Å². The van der Waals surface area contributed by atoms with Gasteiger partial charge in [0, 0.05) is 0 Å². The van der Waals surface area contributed by atoms with Crippen LogP contribution in [0, 0.1) is 0 Å². The molecule has 0 amide bonds. The Balaban J connectivity index is 2.35. The molecule has 0 fully saturated rings. The van der Waals surface area contributed by atoms with E-state index in [1.165, 1.54) is 0 Å². The summed E-state index contributed by atoms with van der Waals surface area (Å²) in [6.45, 7) is 1.72. The molecule has 0 aromatic heterocycles. The van der Waals surface area contributed by atoms with Crippen molar-refractivity contribution < 1.29 is 24.2 Å². The standard InChI is InChI=1S/C13H17NO5/c1-2-10(13(16)17)19-12(15)7-8-18-11-6-4-3-5-9(11)14/h3-6,10H,2,7-8,14H2,1H3,(H,16,17). The zero-order valence-electron chi connectivity index (χ0n) is 10.7. The number of carbonyl (C=O) groups excluding carboxylic acids is 1. The lowest BCUT2D eigenvalue weighted by atomic mass is 10.3. The van der Waals surface area contributed by atoms with Gasteiger partial charge in [0.25, 0.3) is 0 Å². The number of hydrogen-bond acceptors (Lipinski definition) is 5. The van der Waals surface area contributed by atoms with E-state index in [1.54, 1.807) is 31.2 Å². The van der Waals surface area contributed by atoms with Crippen molar-refractivity contribution in [3.63, 3.8) is 0 Å². The van der Waals surface area contributed by atoms with Crippen LogP contribution in [-0.2, 0) is 14.3 Å². The third-order valence-electron chi connectivity index (χ3n) is 2.40. The lowest BCUT2D eigenvalue weighted by molar-refractivity contribution is -0.164. The topological polar surface area (TPSA) is 98.9 Å². The molecule has 0 aliphatic heterocycles. The number of carboxylic acid groups (broad SMARTS) is 1. The van der Waals surface area contributed by atoms with Crippen molar-refractivity contribution in [2.75, 3.05) is 12.3 Å². The number of carboxylic acids is 1. The molecule has 3 N–H and O–H groups in total. The van der Waals surface area contributed by atoms with Crippen LogP contribution in [0.2, 0.25) is 0 Å². The normalized spacial score (nSPS) is 11.6. The predicted octanol–water partition coefficient (Wildman–Crippen LogP) is 1.44. The summed E-state index contributed by atoms with van der Waals surface area (Å²) in [5.41, 5.74) is 6.14. The fraction of sp³-hybridized carbons (Fsp3) is 0.385. The van der Waals surface area contributed by atoms with Crippen LogP contribution in [0.5, 0.6) is 5.75 Å². The van der Waals surface area contributed by atoms with Gasteiger partial charge >= 0.3 is 11.9 Å². The number of nitrogens with two attached hydrogens (primary N) is 1. The Kier molecular flexibility index (Phi) is 5.66. The Bertz CT molecular complexity index is 446. The Morgan fingerprint density at radius 3 is 2.63 bits per heavy atom. The smallest absolute Gasteiger partial charge is 0.345 e. The van der Waals surface area contributed by atoms with E-state index in [-0.39, 0.29) is 19.4 Å². The molecule has 0 saturated carbocycles. The molecule has 0 spiro atoms. The number of esters is 1. The van der Waals surface area contributed by atoms with Gasteiger partial charge in [-0.05, 0) is 18.6 Å². The number of ether oxygens (including phenoxy) is 2. The van der Waals surface area contributed by atoms with Crippen molar-refractivity contribution in [1.82, 2.24) is 0 Å². The van der Waals surface area contributed by atoms with Gasteiger partial charge in [-0.25, -0.2) is 4.79 Å². The van der Waals surface area contributed by atoms with Crippen molar-refractivity contribution in [1.29, 1.82) is 0 Å². The number of benzene rings is 1. The highest BCUT2D eigenvalue weighted by Crippen LogP contribution is 2.19. The fourth-order valence-electron chi connectivity index (χ4n) is 1.38. The summed E-state index contributed by atoms with van der Waals surface area (Å²) in [7, 11) is 0. The molecule has 0 aliphatic carbocycles. The first-order valence-corrected chi connectivity index (χ1v) is 5.94. The van der Waals surface area contributed by atoms with Gasteiger partial charge in [-0.3, -0.25) is 4.79 Å². The van der Waals surface area contributed by atoms with E-state index >= 15 is 0 Å². The van der Waals surface area contributed by atoms with Crippen LogP contribution in [-0.4, -0.2) is 29.8 Å². The molecule has 6 heteroatoms. The van der Waals surface area contributed by atoms with Crippen LogP contribution in [0.15, 0.2) is 24.3 Å². The van der Waals surface area contributed by atoms with Crippen molar-refractivity contribution >= 4 is 17.6 Å². The Morgan fingerprint density at radius 1 is 1.37 bits per heavy atom. The molecule has 1 aromatic carbocycles. The van der Waals surface area contributed by atoms with Crippen LogP contribution in [0.4, 0.5) is 5.69 Å². The molecule has 0 aliphatic rings. The zero-order chi connectivity index (χ0) is 14.3. The molecular weight excluding hydrogens is 250 g/mol. The van der Waals surface area contributed by atoms with Gasteiger partial charge in [-0.2, -0.15) is 0 Å². The molecule has 0 bridgehead atoms. The largest absolute Gasteiger partial charge is 0.491 e. The van der Waals surface area contributed by atoms with Crippen molar-refractivity contribution in [2.24, 2.45) is 0 Å². The molecular formula is C13H17NO5. The molecule has 1 rings (SSSR count). The molecule has 104 valence electrons. The second kappa shape index (κ2) is 7.25. The quantitative estimate of drug-likeness (QED) is 0.573. The molecule has 0 saturated heterocycles. The number of carbonyl (C=O) groups is 2. The number of para-hydroxylation sites is 2. The first kappa shape index (κ1) is 14.8. The van der Waals surface area contributed by atoms with Crippen LogP contribution in [0.1, 0.15) is 19.8 Å². The average Bonchev–Trinajstić information content (AvgIpc) is 2.38. The summed E-state index contributed by atoms with van der Waals surface area (Å²) < 4.78 is 10.1. The first-order chi connectivity index (χ1) is 9.04. The fourth-order valence-corrected chi connectivity index (χ4v) is 1.38.